The Labute approximate surface area is 182 Å². The summed E-state index contributed by atoms with van der Waals surface area (Å²) >= 11 is 0. The fourth-order valence-corrected chi connectivity index (χ4v) is 5.84. The zero-order valence-corrected chi connectivity index (χ0v) is 18.7. The van der Waals surface area contributed by atoms with Crippen LogP contribution in [0, 0.1) is 0 Å². The van der Waals surface area contributed by atoms with Gasteiger partial charge in [-0.15, -0.1) is 4.36 Å². The lowest BCUT2D eigenvalue weighted by Gasteiger charge is -2.33. The number of benzene rings is 1. The largest absolute Gasteiger partial charge is 0.475 e. The number of nitrogens with one attached hydrogen (secondary N) is 2. The van der Waals surface area contributed by atoms with Crippen molar-refractivity contribution in [1.82, 2.24) is 15.1 Å². The van der Waals surface area contributed by atoms with Crippen molar-refractivity contribution in [3.8, 4) is 5.88 Å². The van der Waals surface area contributed by atoms with E-state index in [9.17, 15) is 9.00 Å². The van der Waals surface area contributed by atoms with Crippen molar-refractivity contribution in [2.45, 2.75) is 62.4 Å². The van der Waals surface area contributed by atoms with Gasteiger partial charge in [-0.2, -0.15) is 5.10 Å². The van der Waals surface area contributed by atoms with E-state index in [0.29, 0.717) is 19.0 Å². The highest BCUT2D eigenvalue weighted by Gasteiger charge is 2.34. The molecule has 166 valence electrons. The minimum absolute atomic E-state index is 0.143. The van der Waals surface area contributed by atoms with Crippen molar-refractivity contribution in [3.05, 3.63) is 34.5 Å². The van der Waals surface area contributed by atoms with Crippen LogP contribution in [0.3, 0.4) is 0 Å². The topological polar surface area (TPSA) is 124 Å². The Balaban J connectivity index is 1.45. The van der Waals surface area contributed by atoms with Gasteiger partial charge in [0.2, 0.25) is 5.88 Å². The number of carbonyl (C=O) groups is 1. The maximum Gasteiger partial charge on any atom is 0.354 e. The van der Waals surface area contributed by atoms with Crippen LogP contribution in [0.15, 0.2) is 21.5 Å². The van der Waals surface area contributed by atoms with Crippen molar-refractivity contribution in [3.63, 3.8) is 0 Å². The SMILES string of the molecule is CN[C@]1(C)COc2c([S@@](N)(=O)=NC(=O)Nc3c4c(cc5c3CCC5)CCC4)cnn2C1. The average Bonchev–Trinajstić information content (AvgIpc) is 3.46. The van der Waals surface area contributed by atoms with E-state index >= 15 is 0 Å². The van der Waals surface area contributed by atoms with E-state index < -0.39 is 15.9 Å². The molecule has 0 saturated carbocycles. The summed E-state index contributed by atoms with van der Waals surface area (Å²) in [4.78, 5) is 13.0. The van der Waals surface area contributed by atoms with Gasteiger partial charge in [-0.05, 0) is 74.8 Å². The number of carbonyl (C=O) groups excluding carboxylic acids is 1. The molecule has 5 rings (SSSR count). The van der Waals surface area contributed by atoms with Crippen LogP contribution in [0.2, 0.25) is 0 Å². The molecule has 1 aromatic heterocycles. The highest BCUT2D eigenvalue weighted by Crippen LogP contribution is 2.39. The maximum absolute atomic E-state index is 13.2. The van der Waals surface area contributed by atoms with Crippen LogP contribution in [0.25, 0.3) is 0 Å². The van der Waals surface area contributed by atoms with Crippen molar-refractivity contribution in [2.24, 2.45) is 9.50 Å². The van der Waals surface area contributed by atoms with Crippen LogP contribution in [-0.4, -0.2) is 39.2 Å². The normalized spacial score (nSPS) is 23.3. The van der Waals surface area contributed by atoms with E-state index in [-0.39, 0.29) is 10.4 Å². The third-order valence-corrected chi connectivity index (χ3v) is 7.98. The van der Waals surface area contributed by atoms with E-state index in [4.69, 9.17) is 9.88 Å². The van der Waals surface area contributed by atoms with Gasteiger partial charge in [0.05, 0.1) is 18.3 Å². The first-order valence-electron chi connectivity index (χ1n) is 10.7. The molecule has 0 radical (unpaired) electrons. The average molecular weight is 445 g/mol. The highest BCUT2D eigenvalue weighted by molar-refractivity contribution is 7.91. The number of ether oxygens (including phenoxy) is 1. The number of amides is 2. The number of anilines is 1. The summed E-state index contributed by atoms with van der Waals surface area (Å²) < 4.78 is 24.5. The van der Waals surface area contributed by atoms with E-state index in [1.54, 1.807) is 4.68 Å². The Morgan fingerprint density at radius 2 is 1.94 bits per heavy atom. The van der Waals surface area contributed by atoms with Crippen LogP contribution < -0.4 is 20.5 Å². The van der Waals surface area contributed by atoms with E-state index in [2.05, 4.69) is 26.2 Å². The Kier molecular flexibility index (Phi) is 4.83. The van der Waals surface area contributed by atoms with Gasteiger partial charge in [0.1, 0.15) is 11.5 Å². The second-order valence-electron chi connectivity index (χ2n) is 8.90. The van der Waals surface area contributed by atoms with Crippen LogP contribution in [0.1, 0.15) is 42.0 Å². The number of urea groups is 1. The maximum atomic E-state index is 13.2. The summed E-state index contributed by atoms with van der Waals surface area (Å²) in [7, 11) is -1.67. The molecule has 2 heterocycles. The quantitative estimate of drug-likeness (QED) is 0.669. The summed E-state index contributed by atoms with van der Waals surface area (Å²) in [5.41, 5.74) is 5.53. The zero-order chi connectivity index (χ0) is 21.8. The number of fused-ring (bicyclic) bond motifs is 3. The number of nitrogens with zero attached hydrogens (tertiary/aromatic N) is 3. The summed E-state index contributed by atoms with van der Waals surface area (Å²) in [5, 5.41) is 16.4. The fraction of sp³-hybridized carbons (Fsp3) is 0.524. The molecule has 0 unspecified atom stereocenters. The molecule has 0 bridgehead atoms. The van der Waals surface area contributed by atoms with Gasteiger partial charge >= 0.3 is 6.03 Å². The molecule has 3 aliphatic rings. The Morgan fingerprint density at radius 1 is 1.26 bits per heavy atom. The van der Waals surface area contributed by atoms with E-state index in [0.717, 1.165) is 44.2 Å². The molecule has 0 saturated heterocycles. The molecular weight excluding hydrogens is 416 g/mol. The molecule has 2 atom stereocenters. The molecule has 10 heteroatoms. The minimum atomic E-state index is -3.52. The van der Waals surface area contributed by atoms with Crippen molar-refractivity contribution in [1.29, 1.82) is 0 Å². The standard InChI is InChI=1S/C21H28N6O3S/c1-21(23-2)11-27-19(30-12-21)17(10-24-27)31(22,29)26-20(28)25-18-15-7-3-5-13(15)9-14-6-4-8-16(14)18/h9-10,23H,3-8,11-12H2,1-2H3,(H3,22,25,26,28,29)/t21-,31-/m0/s1. The first-order chi connectivity index (χ1) is 14.8. The van der Waals surface area contributed by atoms with Crippen LogP contribution in [-0.2, 0) is 42.1 Å². The summed E-state index contributed by atoms with van der Waals surface area (Å²) in [6.07, 6.45) is 7.47. The third kappa shape index (κ3) is 3.52. The summed E-state index contributed by atoms with van der Waals surface area (Å²) in [6.45, 7) is 2.90. The molecular formula is C21H28N6O3S. The van der Waals surface area contributed by atoms with E-state index in [1.807, 2.05) is 14.0 Å². The molecule has 0 spiro atoms. The Hall–Kier alpha value is -2.43. The second-order valence-corrected chi connectivity index (χ2v) is 10.7. The van der Waals surface area contributed by atoms with Crippen molar-refractivity contribution < 1.29 is 13.7 Å². The second kappa shape index (κ2) is 7.32. The van der Waals surface area contributed by atoms with Gasteiger partial charge in [0.15, 0.2) is 9.92 Å². The van der Waals surface area contributed by atoms with Gasteiger partial charge in [-0.3, -0.25) is 0 Å². The van der Waals surface area contributed by atoms with Crippen molar-refractivity contribution >= 4 is 21.6 Å². The van der Waals surface area contributed by atoms with Gasteiger partial charge in [0.25, 0.3) is 0 Å². The first kappa shape index (κ1) is 20.5. The predicted molar refractivity (Wildman–Crippen MR) is 118 cm³/mol. The van der Waals surface area contributed by atoms with Gasteiger partial charge in [0, 0.05) is 5.69 Å². The first-order valence-corrected chi connectivity index (χ1v) is 12.3. The molecule has 4 N–H and O–H groups in total. The van der Waals surface area contributed by atoms with Crippen LogP contribution in [0.4, 0.5) is 10.5 Å². The number of aryl methyl sites for hydroxylation is 2. The summed E-state index contributed by atoms with van der Waals surface area (Å²) in [6, 6.07) is 1.59. The zero-order valence-electron chi connectivity index (χ0n) is 17.9. The number of aromatic nitrogens is 2. The Bertz CT molecular complexity index is 1160. The third-order valence-electron chi connectivity index (χ3n) is 6.63. The molecule has 1 aromatic carbocycles. The minimum Gasteiger partial charge on any atom is -0.475 e. The lowest BCUT2D eigenvalue weighted by Crippen LogP contribution is -2.51. The highest BCUT2D eigenvalue weighted by atomic mass is 32.2. The molecule has 2 aliphatic carbocycles. The van der Waals surface area contributed by atoms with Crippen LogP contribution >= 0.6 is 0 Å². The molecule has 2 amide bonds. The number of likely N-dealkylation sites (N-methyl/N-ethyl adjacent to an activating group) is 1. The Morgan fingerprint density at radius 3 is 2.58 bits per heavy atom. The molecule has 31 heavy (non-hydrogen) atoms. The van der Waals surface area contributed by atoms with Gasteiger partial charge < -0.3 is 15.4 Å². The number of hydrogen-bond donors (Lipinski definition) is 3. The lowest BCUT2D eigenvalue weighted by molar-refractivity contribution is 0.121. The monoisotopic (exact) mass is 444 g/mol. The number of hydrogen-bond acceptors (Lipinski definition) is 5. The molecule has 0 fully saturated rings. The lowest BCUT2D eigenvalue weighted by atomic mass is 9.99. The predicted octanol–water partition coefficient (Wildman–Crippen LogP) is 2.16. The fourth-order valence-electron chi connectivity index (χ4n) is 4.84. The number of nitrogens with two attached hydrogens (primary N) is 1. The smallest absolute Gasteiger partial charge is 0.354 e. The number of rotatable bonds is 3. The van der Waals surface area contributed by atoms with Gasteiger partial charge in [-0.25, -0.2) is 18.8 Å². The van der Waals surface area contributed by atoms with E-state index in [1.165, 1.54) is 28.5 Å². The van der Waals surface area contributed by atoms with Crippen molar-refractivity contribution in [2.75, 3.05) is 19.0 Å². The molecule has 1 aliphatic heterocycles. The molecule has 2 aromatic rings. The van der Waals surface area contributed by atoms with Crippen LogP contribution in [0.5, 0.6) is 5.88 Å². The summed E-state index contributed by atoms with van der Waals surface area (Å²) in [5.74, 6) is 0.304. The van der Waals surface area contributed by atoms with Gasteiger partial charge in [-0.1, -0.05) is 6.07 Å². The molecule has 9 nitrogen and oxygen atoms in total.